The van der Waals surface area contributed by atoms with Gasteiger partial charge in [0.25, 0.3) is 0 Å². The lowest BCUT2D eigenvalue weighted by molar-refractivity contribution is -0.140. The number of carbonyl (C=O) groups excluding carboxylic acids is 2. The van der Waals surface area contributed by atoms with Crippen molar-refractivity contribution in [3.8, 4) is 5.75 Å². The standard InChI is InChI=1S/C25H24BrNO4/c1-15-22(25(29)31-14-16-10-12-17(30-2)13-11-16)23(18-6-3-4-7-19(18)26)24-20(27-15)8-5-9-21(24)28/h3-4,6-7,10-13,23,27H,5,8-9,14H2,1-2H3. The van der Waals surface area contributed by atoms with Gasteiger partial charge >= 0.3 is 5.97 Å². The number of esters is 1. The van der Waals surface area contributed by atoms with Crippen molar-refractivity contribution in [2.45, 2.75) is 38.7 Å². The first-order chi connectivity index (χ1) is 15.0. The van der Waals surface area contributed by atoms with Gasteiger partial charge in [-0.25, -0.2) is 4.79 Å². The summed E-state index contributed by atoms with van der Waals surface area (Å²) in [6, 6.07) is 15.1. The van der Waals surface area contributed by atoms with E-state index < -0.39 is 11.9 Å². The predicted molar refractivity (Wildman–Crippen MR) is 121 cm³/mol. The fourth-order valence-electron chi connectivity index (χ4n) is 4.22. The number of benzene rings is 2. The van der Waals surface area contributed by atoms with Crippen molar-refractivity contribution in [2.75, 3.05) is 7.11 Å². The first-order valence-corrected chi connectivity index (χ1v) is 11.1. The molecule has 1 unspecified atom stereocenters. The van der Waals surface area contributed by atoms with Gasteiger partial charge < -0.3 is 14.8 Å². The van der Waals surface area contributed by atoms with Crippen molar-refractivity contribution in [3.05, 3.63) is 86.7 Å². The molecule has 2 aromatic rings. The first kappa shape index (κ1) is 21.4. The summed E-state index contributed by atoms with van der Waals surface area (Å²) < 4.78 is 11.7. The Morgan fingerprint density at radius 3 is 2.58 bits per heavy atom. The maximum atomic E-state index is 13.3. The van der Waals surface area contributed by atoms with Gasteiger partial charge in [-0.2, -0.15) is 0 Å². The molecule has 1 aliphatic heterocycles. The van der Waals surface area contributed by atoms with Crippen molar-refractivity contribution in [2.24, 2.45) is 0 Å². The number of carbonyl (C=O) groups is 2. The van der Waals surface area contributed by atoms with Gasteiger partial charge in [0.15, 0.2) is 5.78 Å². The number of allylic oxidation sites excluding steroid dienone is 3. The molecule has 5 nitrogen and oxygen atoms in total. The third-order valence-corrected chi connectivity index (χ3v) is 6.46. The Kier molecular flexibility index (Phi) is 6.28. The molecule has 1 N–H and O–H groups in total. The Balaban J connectivity index is 1.67. The lowest BCUT2D eigenvalue weighted by atomic mass is 9.75. The average Bonchev–Trinajstić information content (AvgIpc) is 2.77. The van der Waals surface area contributed by atoms with Gasteiger partial charge in [0.05, 0.1) is 12.7 Å². The number of methoxy groups -OCH3 is 1. The summed E-state index contributed by atoms with van der Waals surface area (Å²) in [5, 5.41) is 3.32. The highest BCUT2D eigenvalue weighted by atomic mass is 79.9. The molecular formula is C25H24BrNO4. The summed E-state index contributed by atoms with van der Waals surface area (Å²) in [5.41, 5.74) is 4.56. The lowest BCUT2D eigenvalue weighted by Gasteiger charge is -2.34. The van der Waals surface area contributed by atoms with Crippen LogP contribution in [0.4, 0.5) is 0 Å². The zero-order valence-electron chi connectivity index (χ0n) is 17.5. The summed E-state index contributed by atoms with van der Waals surface area (Å²) >= 11 is 3.61. The van der Waals surface area contributed by atoms with E-state index in [4.69, 9.17) is 9.47 Å². The monoisotopic (exact) mass is 481 g/mol. The van der Waals surface area contributed by atoms with E-state index in [-0.39, 0.29) is 12.4 Å². The normalized spacial score (nSPS) is 18.4. The minimum Gasteiger partial charge on any atom is -0.497 e. The molecule has 0 saturated heterocycles. The molecule has 0 fully saturated rings. The third kappa shape index (κ3) is 4.30. The smallest absolute Gasteiger partial charge is 0.337 e. The highest BCUT2D eigenvalue weighted by Gasteiger charge is 2.39. The lowest BCUT2D eigenvalue weighted by Crippen LogP contribution is -2.34. The van der Waals surface area contributed by atoms with Gasteiger partial charge in [0.1, 0.15) is 12.4 Å². The van der Waals surface area contributed by atoms with Gasteiger partial charge in [0, 0.05) is 33.8 Å². The molecule has 0 bridgehead atoms. The average molecular weight is 482 g/mol. The van der Waals surface area contributed by atoms with Crippen molar-refractivity contribution >= 4 is 27.7 Å². The van der Waals surface area contributed by atoms with Crippen LogP contribution < -0.4 is 10.1 Å². The molecule has 1 atom stereocenters. The number of hydrogen-bond donors (Lipinski definition) is 1. The van der Waals surface area contributed by atoms with Crippen LogP contribution in [0.25, 0.3) is 0 Å². The Labute approximate surface area is 190 Å². The SMILES string of the molecule is COc1ccc(COC(=O)C2=C(C)NC3=C(C(=O)CCC3)C2c2ccccc2Br)cc1. The second-order valence-corrected chi connectivity index (χ2v) is 8.57. The van der Waals surface area contributed by atoms with Crippen LogP contribution in [0.15, 0.2) is 75.5 Å². The summed E-state index contributed by atoms with van der Waals surface area (Å²) in [4.78, 5) is 26.2. The molecule has 0 spiro atoms. The fourth-order valence-corrected chi connectivity index (χ4v) is 4.74. The summed E-state index contributed by atoms with van der Waals surface area (Å²) in [6.45, 7) is 2.01. The number of halogens is 1. The van der Waals surface area contributed by atoms with E-state index in [0.717, 1.165) is 45.6 Å². The summed E-state index contributed by atoms with van der Waals surface area (Å²) in [7, 11) is 1.61. The van der Waals surface area contributed by atoms with Crippen molar-refractivity contribution in [1.82, 2.24) is 5.32 Å². The molecule has 0 aromatic heterocycles. The van der Waals surface area contributed by atoms with Crippen LogP contribution in [0.3, 0.4) is 0 Å². The van der Waals surface area contributed by atoms with Crippen molar-refractivity contribution in [1.29, 1.82) is 0 Å². The zero-order chi connectivity index (χ0) is 22.0. The van der Waals surface area contributed by atoms with Gasteiger partial charge in [-0.05, 0) is 49.1 Å². The minimum absolute atomic E-state index is 0.0856. The van der Waals surface area contributed by atoms with Gasteiger partial charge in [0.2, 0.25) is 0 Å². The molecule has 1 aliphatic carbocycles. The Morgan fingerprint density at radius 1 is 1.13 bits per heavy atom. The van der Waals surface area contributed by atoms with Gasteiger partial charge in [-0.15, -0.1) is 0 Å². The van der Waals surface area contributed by atoms with E-state index in [9.17, 15) is 9.59 Å². The topological polar surface area (TPSA) is 64.6 Å². The second kappa shape index (κ2) is 9.10. The van der Waals surface area contributed by atoms with Crippen LogP contribution in [0, 0.1) is 0 Å². The molecule has 0 radical (unpaired) electrons. The molecule has 1 heterocycles. The second-order valence-electron chi connectivity index (χ2n) is 7.71. The van der Waals surface area contributed by atoms with Crippen LogP contribution >= 0.6 is 15.9 Å². The van der Waals surface area contributed by atoms with Crippen LogP contribution in [0.2, 0.25) is 0 Å². The molecule has 2 aliphatic rings. The quantitative estimate of drug-likeness (QED) is 0.596. The Hall–Kier alpha value is -2.86. The zero-order valence-corrected chi connectivity index (χ0v) is 19.1. The number of ketones is 1. The number of Topliss-reactive ketones (excluding diaryl/α,β-unsaturated/α-hetero) is 1. The van der Waals surface area contributed by atoms with E-state index in [1.54, 1.807) is 7.11 Å². The molecule has 0 saturated carbocycles. The highest BCUT2D eigenvalue weighted by Crippen LogP contribution is 2.44. The van der Waals surface area contributed by atoms with E-state index in [2.05, 4.69) is 21.2 Å². The molecule has 2 aromatic carbocycles. The largest absolute Gasteiger partial charge is 0.497 e. The molecule has 6 heteroatoms. The number of hydrogen-bond acceptors (Lipinski definition) is 5. The molecule has 31 heavy (non-hydrogen) atoms. The Bertz CT molecular complexity index is 1080. The van der Waals surface area contributed by atoms with E-state index >= 15 is 0 Å². The van der Waals surface area contributed by atoms with Gasteiger partial charge in [-0.1, -0.05) is 46.3 Å². The first-order valence-electron chi connectivity index (χ1n) is 10.3. The van der Waals surface area contributed by atoms with Crippen LogP contribution in [-0.2, 0) is 20.9 Å². The molecular weight excluding hydrogens is 458 g/mol. The van der Waals surface area contributed by atoms with Crippen LogP contribution in [0.1, 0.15) is 43.2 Å². The third-order valence-electron chi connectivity index (χ3n) is 5.74. The van der Waals surface area contributed by atoms with E-state index in [1.165, 1.54) is 0 Å². The van der Waals surface area contributed by atoms with E-state index in [1.807, 2.05) is 55.5 Å². The highest BCUT2D eigenvalue weighted by molar-refractivity contribution is 9.10. The molecule has 0 amide bonds. The van der Waals surface area contributed by atoms with Crippen LogP contribution in [0.5, 0.6) is 5.75 Å². The number of rotatable bonds is 5. The Morgan fingerprint density at radius 2 is 1.87 bits per heavy atom. The number of nitrogens with one attached hydrogen (secondary N) is 1. The van der Waals surface area contributed by atoms with Crippen molar-refractivity contribution < 1.29 is 19.1 Å². The van der Waals surface area contributed by atoms with Crippen molar-refractivity contribution in [3.63, 3.8) is 0 Å². The van der Waals surface area contributed by atoms with Gasteiger partial charge in [-0.3, -0.25) is 4.79 Å². The summed E-state index contributed by atoms with van der Waals surface area (Å²) in [5.74, 6) is -0.0497. The predicted octanol–water partition coefficient (Wildman–Crippen LogP) is 5.17. The maximum absolute atomic E-state index is 13.3. The fraction of sp³-hybridized carbons (Fsp3) is 0.280. The summed E-state index contributed by atoms with van der Waals surface area (Å²) in [6.07, 6.45) is 2.11. The van der Waals surface area contributed by atoms with Crippen LogP contribution in [-0.4, -0.2) is 18.9 Å². The molecule has 160 valence electrons. The minimum atomic E-state index is -0.456. The molecule has 4 rings (SSSR count). The number of ether oxygens (including phenoxy) is 2. The maximum Gasteiger partial charge on any atom is 0.337 e. The number of dihydropyridines is 1. The van der Waals surface area contributed by atoms with E-state index in [0.29, 0.717) is 17.6 Å².